The molecule has 0 saturated carbocycles. The highest BCUT2D eigenvalue weighted by atomic mass is 16.1. The molecule has 110 valence electrons. The zero-order valence-corrected chi connectivity index (χ0v) is 12.3. The van der Waals surface area contributed by atoms with Crippen LogP contribution in [0, 0.1) is 0 Å². The van der Waals surface area contributed by atoms with Crippen LogP contribution in [-0.4, -0.2) is 36.5 Å². The normalized spacial score (nSPS) is 20.6. The van der Waals surface area contributed by atoms with Crippen LogP contribution in [-0.2, 0) is 6.54 Å². The molecule has 2 rings (SSSR count). The standard InChI is InChI=1S/C16H25N3O/c1-2-19-9-4-7-15(8-10-19)18-12-13-5-3-6-14(11-13)16(17)20/h3,5-6,11,15,18H,2,4,7-10,12H2,1H3,(H2,17,20). The first-order valence-corrected chi connectivity index (χ1v) is 7.53. The van der Waals surface area contributed by atoms with E-state index in [0.29, 0.717) is 11.6 Å². The SMILES string of the molecule is CCN1CCCC(NCc2cccc(C(N)=O)c2)CC1. The summed E-state index contributed by atoms with van der Waals surface area (Å²) in [6, 6.07) is 8.14. The number of hydrogen-bond donors (Lipinski definition) is 2. The van der Waals surface area contributed by atoms with Gasteiger partial charge < -0.3 is 16.0 Å². The fourth-order valence-electron chi connectivity index (χ4n) is 2.77. The first-order valence-electron chi connectivity index (χ1n) is 7.53. The summed E-state index contributed by atoms with van der Waals surface area (Å²) in [6.45, 7) is 6.57. The Morgan fingerprint density at radius 2 is 2.25 bits per heavy atom. The van der Waals surface area contributed by atoms with Gasteiger partial charge in [0.15, 0.2) is 0 Å². The van der Waals surface area contributed by atoms with Crippen LogP contribution < -0.4 is 11.1 Å². The summed E-state index contributed by atoms with van der Waals surface area (Å²) in [5, 5.41) is 3.61. The molecule has 1 unspecified atom stereocenters. The summed E-state index contributed by atoms with van der Waals surface area (Å²) in [7, 11) is 0. The van der Waals surface area contributed by atoms with Crippen molar-refractivity contribution >= 4 is 5.91 Å². The highest BCUT2D eigenvalue weighted by molar-refractivity contribution is 5.92. The van der Waals surface area contributed by atoms with Crippen LogP contribution in [0.5, 0.6) is 0 Å². The number of carbonyl (C=O) groups is 1. The van der Waals surface area contributed by atoms with Crippen molar-refractivity contribution in [3.05, 3.63) is 35.4 Å². The topological polar surface area (TPSA) is 58.4 Å². The Bertz CT molecular complexity index is 447. The van der Waals surface area contributed by atoms with Crippen LogP contribution in [0.25, 0.3) is 0 Å². The van der Waals surface area contributed by atoms with E-state index < -0.39 is 0 Å². The molecule has 0 bridgehead atoms. The first kappa shape index (κ1) is 15.0. The number of benzene rings is 1. The lowest BCUT2D eigenvalue weighted by Crippen LogP contribution is -2.30. The summed E-state index contributed by atoms with van der Waals surface area (Å²) in [4.78, 5) is 13.7. The molecule has 0 spiro atoms. The molecule has 0 aromatic heterocycles. The monoisotopic (exact) mass is 275 g/mol. The van der Waals surface area contributed by atoms with E-state index in [9.17, 15) is 4.79 Å². The van der Waals surface area contributed by atoms with Gasteiger partial charge in [0.2, 0.25) is 5.91 Å². The maximum absolute atomic E-state index is 11.2. The lowest BCUT2D eigenvalue weighted by atomic mass is 10.1. The number of nitrogens with zero attached hydrogens (tertiary/aromatic N) is 1. The molecule has 1 amide bonds. The third kappa shape index (κ3) is 4.32. The van der Waals surface area contributed by atoms with Gasteiger partial charge in [-0.15, -0.1) is 0 Å². The van der Waals surface area contributed by atoms with Crippen LogP contribution in [0.2, 0.25) is 0 Å². The molecular formula is C16H25N3O. The predicted octanol–water partition coefficient (Wildman–Crippen LogP) is 1.75. The molecule has 1 aliphatic heterocycles. The van der Waals surface area contributed by atoms with E-state index in [4.69, 9.17) is 5.73 Å². The molecule has 1 saturated heterocycles. The molecular weight excluding hydrogens is 250 g/mol. The second kappa shape index (κ2) is 7.41. The van der Waals surface area contributed by atoms with Crippen LogP contribution in [0.1, 0.15) is 42.1 Å². The van der Waals surface area contributed by atoms with Gasteiger partial charge in [-0.1, -0.05) is 19.1 Å². The molecule has 0 aliphatic carbocycles. The number of nitrogens with two attached hydrogens (primary N) is 1. The quantitative estimate of drug-likeness (QED) is 0.860. The van der Waals surface area contributed by atoms with Gasteiger partial charge in [-0.25, -0.2) is 0 Å². The van der Waals surface area contributed by atoms with Gasteiger partial charge in [0.1, 0.15) is 0 Å². The molecule has 1 aliphatic rings. The molecule has 4 nitrogen and oxygen atoms in total. The van der Waals surface area contributed by atoms with Crippen molar-refractivity contribution in [2.24, 2.45) is 5.73 Å². The number of hydrogen-bond acceptors (Lipinski definition) is 3. The summed E-state index contributed by atoms with van der Waals surface area (Å²) >= 11 is 0. The van der Waals surface area contributed by atoms with E-state index in [-0.39, 0.29) is 5.91 Å². The predicted molar refractivity (Wildman–Crippen MR) is 81.6 cm³/mol. The minimum absolute atomic E-state index is 0.361. The van der Waals surface area contributed by atoms with Crippen molar-refractivity contribution < 1.29 is 4.79 Å². The van der Waals surface area contributed by atoms with Gasteiger partial charge in [0.05, 0.1) is 0 Å². The fourth-order valence-corrected chi connectivity index (χ4v) is 2.77. The number of rotatable bonds is 5. The van der Waals surface area contributed by atoms with E-state index in [0.717, 1.165) is 18.7 Å². The Morgan fingerprint density at radius 1 is 1.40 bits per heavy atom. The Balaban J connectivity index is 1.85. The molecule has 1 heterocycles. The van der Waals surface area contributed by atoms with Crippen molar-refractivity contribution in [1.29, 1.82) is 0 Å². The average molecular weight is 275 g/mol. The highest BCUT2D eigenvalue weighted by Gasteiger charge is 2.15. The van der Waals surface area contributed by atoms with E-state index in [1.54, 1.807) is 6.07 Å². The summed E-state index contributed by atoms with van der Waals surface area (Å²) in [5.74, 6) is -0.361. The number of nitrogens with one attached hydrogen (secondary N) is 1. The number of carbonyl (C=O) groups excluding carboxylic acids is 1. The lowest BCUT2D eigenvalue weighted by molar-refractivity contribution is 0.1000. The summed E-state index contributed by atoms with van der Waals surface area (Å²) in [6.07, 6.45) is 3.68. The smallest absolute Gasteiger partial charge is 0.248 e. The van der Waals surface area contributed by atoms with E-state index in [2.05, 4.69) is 17.1 Å². The molecule has 3 N–H and O–H groups in total. The average Bonchev–Trinajstić information content (AvgIpc) is 2.70. The van der Waals surface area contributed by atoms with E-state index in [1.807, 2.05) is 18.2 Å². The first-order chi connectivity index (χ1) is 9.69. The van der Waals surface area contributed by atoms with Crippen LogP contribution in [0.3, 0.4) is 0 Å². The maximum atomic E-state index is 11.2. The van der Waals surface area contributed by atoms with Gasteiger partial charge in [-0.05, 0) is 56.6 Å². The Labute approximate surface area is 121 Å². The molecule has 1 aromatic rings. The molecule has 4 heteroatoms. The van der Waals surface area contributed by atoms with Gasteiger partial charge in [-0.3, -0.25) is 4.79 Å². The van der Waals surface area contributed by atoms with E-state index in [1.165, 1.54) is 32.4 Å². The number of amides is 1. The zero-order valence-electron chi connectivity index (χ0n) is 12.3. The second-order valence-corrected chi connectivity index (χ2v) is 5.51. The minimum atomic E-state index is -0.361. The van der Waals surface area contributed by atoms with Crippen LogP contribution >= 0.6 is 0 Å². The van der Waals surface area contributed by atoms with Gasteiger partial charge in [0, 0.05) is 18.2 Å². The molecule has 1 atom stereocenters. The van der Waals surface area contributed by atoms with Crippen molar-refractivity contribution in [1.82, 2.24) is 10.2 Å². The van der Waals surface area contributed by atoms with E-state index >= 15 is 0 Å². The molecule has 20 heavy (non-hydrogen) atoms. The summed E-state index contributed by atoms with van der Waals surface area (Å²) in [5.41, 5.74) is 7.02. The Hall–Kier alpha value is -1.39. The van der Waals surface area contributed by atoms with Crippen molar-refractivity contribution in [3.8, 4) is 0 Å². The van der Waals surface area contributed by atoms with Gasteiger partial charge >= 0.3 is 0 Å². The third-order valence-corrected chi connectivity index (χ3v) is 4.07. The van der Waals surface area contributed by atoms with Gasteiger partial charge in [-0.2, -0.15) is 0 Å². The van der Waals surface area contributed by atoms with Crippen molar-refractivity contribution in [2.75, 3.05) is 19.6 Å². The zero-order chi connectivity index (χ0) is 14.4. The summed E-state index contributed by atoms with van der Waals surface area (Å²) < 4.78 is 0. The molecule has 1 aromatic carbocycles. The second-order valence-electron chi connectivity index (χ2n) is 5.51. The van der Waals surface area contributed by atoms with Crippen molar-refractivity contribution in [3.63, 3.8) is 0 Å². The van der Waals surface area contributed by atoms with Crippen LogP contribution in [0.15, 0.2) is 24.3 Å². The Kier molecular flexibility index (Phi) is 5.56. The minimum Gasteiger partial charge on any atom is -0.366 e. The molecule has 0 radical (unpaired) electrons. The maximum Gasteiger partial charge on any atom is 0.248 e. The number of primary amides is 1. The largest absolute Gasteiger partial charge is 0.366 e. The number of likely N-dealkylation sites (tertiary alicyclic amines) is 1. The molecule has 1 fully saturated rings. The Morgan fingerprint density at radius 3 is 3.00 bits per heavy atom. The van der Waals surface area contributed by atoms with Crippen LogP contribution in [0.4, 0.5) is 0 Å². The third-order valence-electron chi connectivity index (χ3n) is 4.07. The fraction of sp³-hybridized carbons (Fsp3) is 0.562. The lowest BCUT2D eigenvalue weighted by Gasteiger charge is -2.18. The highest BCUT2D eigenvalue weighted by Crippen LogP contribution is 2.12. The van der Waals surface area contributed by atoms with Crippen molar-refractivity contribution in [2.45, 2.75) is 38.8 Å². The van der Waals surface area contributed by atoms with Gasteiger partial charge in [0.25, 0.3) is 0 Å².